The lowest BCUT2D eigenvalue weighted by Gasteiger charge is -2.27. The van der Waals surface area contributed by atoms with E-state index >= 15 is 0 Å². The smallest absolute Gasteiger partial charge is 0.348 e. The summed E-state index contributed by atoms with van der Waals surface area (Å²) in [6.07, 6.45) is 6.80. The first-order valence-electron chi connectivity index (χ1n) is 9.35. The summed E-state index contributed by atoms with van der Waals surface area (Å²) >= 11 is 5.90. The van der Waals surface area contributed by atoms with Crippen LogP contribution in [0.25, 0.3) is 5.57 Å². The first kappa shape index (κ1) is 21.1. The second-order valence-corrected chi connectivity index (χ2v) is 6.86. The van der Waals surface area contributed by atoms with Crippen LogP contribution < -0.4 is 4.90 Å². The molecule has 3 rings (SSSR count). The van der Waals surface area contributed by atoms with Crippen molar-refractivity contribution in [1.82, 2.24) is 0 Å². The van der Waals surface area contributed by atoms with Crippen molar-refractivity contribution in [2.45, 2.75) is 6.92 Å². The molecule has 0 bridgehead atoms. The number of Topliss-reactive ketones (excluding diaryl/α,β-unsaturated/α-hetero) is 1. The van der Waals surface area contributed by atoms with Gasteiger partial charge in [0.15, 0.2) is 5.78 Å². The van der Waals surface area contributed by atoms with Crippen molar-refractivity contribution in [3.05, 3.63) is 94.7 Å². The van der Waals surface area contributed by atoms with Crippen LogP contribution in [0.2, 0.25) is 5.02 Å². The summed E-state index contributed by atoms with van der Waals surface area (Å²) in [5.41, 5.74) is 3.08. The fourth-order valence-corrected chi connectivity index (χ4v) is 3.13. The second kappa shape index (κ2) is 9.73. The van der Waals surface area contributed by atoms with E-state index in [4.69, 9.17) is 16.3 Å². The molecular weight excluding hydrogens is 400 g/mol. The number of esters is 1. The Morgan fingerprint density at radius 3 is 2.60 bits per heavy atom. The maximum Gasteiger partial charge on any atom is 0.348 e. The van der Waals surface area contributed by atoms with Crippen molar-refractivity contribution in [2.24, 2.45) is 0 Å². The number of anilines is 1. The van der Waals surface area contributed by atoms with Gasteiger partial charge in [0.2, 0.25) is 0 Å². The Kier molecular flexibility index (Phi) is 6.84. The summed E-state index contributed by atoms with van der Waals surface area (Å²) in [7, 11) is 0. The molecule has 0 unspecified atom stereocenters. The zero-order valence-electron chi connectivity index (χ0n) is 16.3. The number of para-hydroxylation sites is 1. The number of hydrogen-bond donors (Lipinski definition) is 0. The minimum absolute atomic E-state index is 0.0347. The molecule has 0 aromatic heterocycles. The fraction of sp³-hybridized carbons (Fsp3) is 0.125. The summed E-state index contributed by atoms with van der Waals surface area (Å²) < 4.78 is 4.88. The van der Waals surface area contributed by atoms with E-state index in [1.54, 1.807) is 37.3 Å². The van der Waals surface area contributed by atoms with Gasteiger partial charge in [0.05, 0.1) is 13.2 Å². The Hall–Kier alpha value is -3.62. The number of allylic oxidation sites excluding steroid dienone is 4. The lowest BCUT2D eigenvalue weighted by atomic mass is 9.98. The SMILES string of the molecule is CCOC(=O)/C(C#N)=C/C=C1/C=CN(CC(=O)c2ccc(Cl)cc2)c2ccccc21. The number of ketones is 1. The maximum absolute atomic E-state index is 12.7. The van der Waals surface area contributed by atoms with Gasteiger partial charge in [-0.2, -0.15) is 5.26 Å². The van der Waals surface area contributed by atoms with E-state index in [0.717, 1.165) is 16.8 Å². The van der Waals surface area contributed by atoms with Gasteiger partial charge in [-0.25, -0.2) is 4.79 Å². The number of hydrogen-bond acceptors (Lipinski definition) is 5. The van der Waals surface area contributed by atoms with Crippen molar-refractivity contribution in [3.63, 3.8) is 0 Å². The Bertz CT molecular complexity index is 1090. The largest absolute Gasteiger partial charge is 0.462 e. The molecule has 6 heteroatoms. The summed E-state index contributed by atoms with van der Waals surface area (Å²) in [4.78, 5) is 26.3. The van der Waals surface area contributed by atoms with Crippen LogP contribution in [0.5, 0.6) is 0 Å². The van der Waals surface area contributed by atoms with Gasteiger partial charge in [0.25, 0.3) is 0 Å². The molecule has 0 saturated carbocycles. The highest BCUT2D eigenvalue weighted by molar-refractivity contribution is 6.30. The van der Waals surface area contributed by atoms with E-state index in [1.165, 1.54) is 6.08 Å². The van der Waals surface area contributed by atoms with Crippen LogP contribution >= 0.6 is 11.6 Å². The Labute approximate surface area is 180 Å². The molecule has 0 fully saturated rings. The van der Waals surface area contributed by atoms with Gasteiger partial charge >= 0.3 is 5.97 Å². The number of benzene rings is 2. The van der Waals surface area contributed by atoms with E-state index in [9.17, 15) is 14.9 Å². The van der Waals surface area contributed by atoms with Crippen molar-refractivity contribution in [2.75, 3.05) is 18.1 Å². The van der Waals surface area contributed by atoms with Crippen LogP contribution in [0, 0.1) is 11.3 Å². The van der Waals surface area contributed by atoms with Crippen LogP contribution in [0.15, 0.2) is 78.5 Å². The van der Waals surface area contributed by atoms with Gasteiger partial charge in [-0.15, -0.1) is 0 Å². The van der Waals surface area contributed by atoms with E-state index < -0.39 is 5.97 Å². The number of fused-ring (bicyclic) bond motifs is 1. The topological polar surface area (TPSA) is 70.4 Å². The van der Waals surface area contributed by atoms with Crippen LogP contribution in [0.3, 0.4) is 0 Å². The lowest BCUT2D eigenvalue weighted by Crippen LogP contribution is -2.27. The van der Waals surface area contributed by atoms with Crippen LogP contribution in [-0.4, -0.2) is 24.9 Å². The van der Waals surface area contributed by atoms with E-state index in [0.29, 0.717) is 10.6 Å². The molecule has 0 saturated heterocycles. The molecule has 2 aromatic rings. The predicted molar refractivity (Wildman–Crippen MR) is 117 cm³/mol. The number of carbonyl (C=O) groups excluding carboxylic acids is 2. The van der Waals surface area contributed by atoms with Gasteiger partial charge in [-0.1, -0.05) is 35.9 Å². The molecule has 1 aliphatic heterocycles. The van der Waals surface area contributed by atoms with Gasteiger partial charge in [0.1, 0.15) is 11.6 Å². The molecule has 150 valence electrons. The van der Waals surface area contributed by atoms with Gasteiger partial charge in [-0.05, 0) is 55.0 Å². The number of halogens is 1. The minimum Gasteiger partial charge on any atom is -0.462 e. The van der Waals surface area contributed by atoms with Crippen molar-refractivity contribution in [3.8, 4) is 6.07 Å². The predicted octanol–water partition coefficient (Wildman–Crippen LogP) is 4.95. The number of carbonyl (C=O) groups is 2. The summed E-state index contributed by atoms with van der Waals surface area (Å²) in [5, 5.41) is 9.77. The molecule has 5 nitrogen and oxygen atoms in total. The summed E-state index contributed by atoms with van der Waals surface area (Å²) in [5.74, 6) is -0.687. The molecular formula is C24H19ClN2O3. The highest BCUT2D eigenvalue weighted by Crippen LogP contribution is 2.33. The number of nitriles is 1. The number of nitrogens with zero attached hydrogens (tertiary/aromatic N) is 2. The van der Waals surface area contributed by atoms with Gasteiger partial charge in [0, 0.05) is 28.0 Å². The number of rotatable bonds is 6. The third kappa shape index (κ3) is 4.86. The zero-order valence-corrected chi connectivity index (χ0v) is 17.1. The van der Waals surface area contributed by atoms with Crippen molar-refractivity contribution >= 4 is 34.6 Å². The summed E-state index contributed by atoms with van der Waals surface area (Å²) in [6.45, 7) is 2.06. The standard InChI is InChI=1S/C24H19ClN2O3/c1-2-30-24(29)19(15-26)8-7-17-13-14-27(22-6-4-3-5-21(17)22)16-23(28)18-9-11-20(25)12-10-18/h3-14H,2,16H2,1H3/b17-7-,19-8+. The quantitative estimate of drug-likeness (QED) is 0.287. The highest BCUT2D eigenvalue weighted by Gasteiger charge is 2.19. The van der Waals surface area contributed by atoms with Gasteiger partial charge in [-0.3, -0.25) is 4.79 Å². The van der Waals surface area contributed by atoms with E-state index in [1.807, 2.05) is 47.5 Å². The average molecular weight is 419 g/mol. The third-order valence-corrected chi connectivity index (χ3v) is 4.74. The van der Waals surface area contributed by atoms with Crippen molar-refractivity contribution in [1.29, 1.82) is 5.26 Å². The fourth-order valence-electron chi connectivity index (χ4n) is 3.01. The molecule has 0 radical (unpaired) electrons. The average Bonchev–Trinajstić information content (AvgIpc) is 2.76. The molecule has 1 heterocycles. The number of ether oxygens (including phenoxy) is 1. The second-order valence-electron chi connectivity index (χ2n) is 6.43. The Morgan fingerprint density at radius 1 is 1.17 bits per heavy atom. The molecule has 2 aromatic carbocycles. The van der Waals surface area contributed by atoms with Gasteiger partial charge < -0.3 is 9.64 Å². The van der Waals surface area contributed by atoms with E-state index in [2.05, 4.69) is 0 Å². The van der Waals surface area contributed by atoms with Crippen molar-refractivity contribution < 1.29 is 14.3 Å². The molecule has 0 N–H and O–H groups in total. The maximum atomic E-state index is 12.7. The Morgan fingerprint density at radius 2 is 1.90 bits per heavy atom. The Balaban J connectivity index is 1.87. The minimum atomic E-state index is -0.653. The summed E-state index contributed by atoms with van der Waals surface area (Å²) in [6, 6.07) is 16.3. The first-order chi connectivity index (χ1) is 14.5. The van der Waals surface area contributed by atoms with Crippen LogP contribution in [0.1, 0.15) is 22.8 Å². The third-order valence-electron chi connectivity index (χ3n) is 4.48. The van der Waals surface area contributed by atoms with Crippen LogP contribution in [-0.2, 0) is 9.53 Å². The first-order valence-corrected chi connectivity index (χ1v) is 9.73. The lowest BCUT2D eigenvalue weighted by molar-refractivity contribution is -0.138. The molecule has 0 spiro atoms. The molecule has 0 amide bonds. The molecule has 0 aliphatic carbocycles. The highest BCUT2D eigenvalue weighted by atomic mass is 35.5. The monoisotopic (exact) mass is 418 g/mol. The molecule has 0 atom stereocenters. The van der Waals surface area contributed by atoms with Crippen LogP contribution in [0.4, 0.5) is 5.69 Å². The van der Waals surface area contributed by atoms with E-state index in [-0.39, 0.29) is 24.5 Å². The zero-order chi connectivity index (χ0) is 21.5. The molecule has 1 aliphatic rings. The molecule has 30 heavy (non-hydrogen) atoms. The normalized spacial score (nSPS) is 14.2.